The molecule has 0 aliphatic heterocycles. The predicted molar refractivity (Wildman–Crippen MR) is 82.8 cm³/mol. The minimum absolute atomic E-state index is 0.00955. The zero-order chi connectivity index (χ0) is 15.3. The Labute approximate surface area is 124 Å². The third-order valence-electron chi connectivity index (χ3n) is 3.08. The van der Waals surface area contributed by atoms with Crippen molar-refractivity contribution in [1.82, 2.24) is 4.90 Å². The summed E-state index contributed by atoms with van der Waals surface area (Å²) in [5.41, 5.74) is 6.70. The smallest absolute Gasteiger partial charge is 0.242 e. The number of benzene rings is 1. The molecule has 0 saturated heterocycles. The number of amides is 1. The van der Waals surface area contributed by atoms with Gasteiger partial charge in [0.1, 0.15) is 0 Å². The number of anilines is 2. The summed E-state index contributed by atoms with van der Waals surface area (Å²) in [6.45, 7) is 4.37. The molecule has 0 radical (unpaired) electrons. The van der Waals surface area contributed by atoms with E-state index in [0.29, 0.717) is 22.9 Å². The monoisotopic (exact) mass is 299 g/mol. The van der Waals surface area contributed by atoms with Gasteiger partial charge in [-0.05, 0) is 31.2 Å². The highest BCUT2D eigenvalue weighted by Crippen LogP contribution is 2.25. The van der Waals surface area contributed by atoms with Crippen molar-refractivity contribution in [3.05, 3.63) is 23.2 Å². The molecule has 20 heavy (non-hydrogen) atoms. The van der Waals surface area contributed by atoms with Gasteiger partial charge >= 0.3 is 0 Å². The first kappa shape index (κ1) is 16.8. The second-order valence-corrected chi connectivity index (χ2v) is 5.53. The van der Waals surface area contributed by atoms with Gasteiger partial charge in [0, 0.05) is 12.2 Å². The number of nitrogens with one attached hydrogen (secondary N) is 1. The van der Waals surface area contributed by atoms with Gasteiger partial charge in [0.15, 0.2) is 0 Å². The van der Waals surface area contributed by atoms with E-state index in [4.69, 9.17) is 22.4 Å². The number of likely N-dealkylation sites (N-methyl/N-ethyl adjacent to an activating group) is 1. The van der Waals surface area contributed by atoms with Crippen molar-refractivity contribution in [3.63, 3.8) is 0 Å². The van der Waals surface area contributed by atoms with E-state index in [1.165, 1.54) is 0 Å². The topological polar surface area (TPSA) is 78.6 Å². The van der Waals surface area contributed by atoms with Gasteiger partial charge < -0.3 is 16.2 Å². The third-order valence-corrected chi connectivity index (χ3v) is 3.39. The maximum atomic E-state index is 12.4. The fourth-order valence-electron chi connectivity index (χ4n) is 2.15. The van der Waals surface area contributed by atoms with Crippen molar-refractivity contribution in [2.45, 2.75) is 19.9 Å². The highest BCUT2D eigenvalue weighted by molar-refractivity contribution is 6.34. The standard InChI is InChI=1S/C14H22ClN3O2/c1-9(2)13(18(3)6-7-19)14(20)17-12-5-4-10(16)8-11(12)15/h4-5,8-9,13,19H,6-7,16H2,1-3H3,(H,17,20). The predicted octanol–water partition coefficient (Wildman–Crippen LogP) is 1.81. The second-order valence-electron chi connectivity index (χ2n) is 5.12. The van der Waals surface area contributed by atoms with Crippen LogP contribution in [-0.2, 0) is 4.79 Å². The minimum Gasteiger partial charge on any atom is -0.399 e. The molecule has 6 heteroatoms. The number of hydrogen-bond acceptors (Lipinski definition) is 4. The lowest BCUT2D eigenvalue weighted by Gasteiger charge is -2.29. The van der Waals surface area contributed by atoms with Gasteiger partial charge in [0.25, 0.3) is 0 Å². The van der Waals surface area contributed by atoms with Gasteiger partial charge in [0.05, 0.1) is 23.4 Å². The van der Waals surface area contributed by atoms with E-state index >= 15 is 0 Å². The minimum atomic E-state index is -0.337. The molecule has 1 rings (SSSR count). The molecule has 112 valence electrons. The molecule has 1 unspecified atom stereocenters. The largest absolute Gasteiger partial charge is 0.399 e. The van der Waals surface area contributed by atoms with Crippen LogP contribution in [0.3, 0.4) is 0 Å². The third kappa shape index (κ3) is 4.37. The summed E-state index contributed by atoms with van der Waals surface area (Å²) in [7, 11) is 1.81. The molecule has 5 nitrogen and oxygen atoms in total. The number of hydrogen-bond donors (Lipinski definition) is 3. The highest BCUT2D eigenvalue weighted by Gasteiger charge is 2.26. The molecular weight excluding hydrogens is 278 g/mol. The van der Waals surface area contributed by atoms with Crippen LogP contribution < -0.4 is 11.1 Å². The Morgan fingerprint density at radius 1 is 1.50 bits per heavy atom. The molecule has 4 N–H and O–H groups in total. The van der Waals surface area contributed by atoms with Crippen molar-refractivity contribution in [1.29, 1.82) is 0 Å². The number of nitrogens with two attached hydrogens (primary N) is 1. The van der Waals surface area contributed by atoms with E-state index in [2.05, 4.69) is 5.32 Å². The van der Waals surface area contributed by atoms with Gasteiger partial charge in [-0.25, -0.2) is 0 Å². The van der Waals surface area contributed by atoms with E-state index < -0.39 is 0 Å². The van der Waals surface area contributed by atoms with E-state index in [1.807, 2.05) is 25.8 Å². The molecule has 0 aromatic heterocycles. The number of carbonyl (C=O) groups is 1. The van der Waals surface area contributed by atoms with Crippen molar-refractivity contribution < 1.29 is 9.90 Å². The quantitative estimate of drug-likeness (QED) is 0.700. The number of nitrogen functional groups attached to an aromatic ring is 1. The highest BCUT2D eigenvalue weighted by atomic mass is 35.5. The number of aliphatic hydroxyl groups is 1. The summed E-state index contributed by atoms with van der Waals surface area (Å²) >= 11 is 6.05. The van der Waals surface area contributed by atoms with E-state index in [0.717, 1.165) is 0 Å². The van der Waals surface area contributed by atoms with Crippen LogP contribution in [0, 0.1) is 5.92 Å². The lowest BCUT2D eigenvalue weighted by Crippen LogP contribution is -2.46. The Kier molecular flexibility index (Phi) is 6.26. The molecule has 1 amide bonds. The van der Waals surface area contributed by atoms with Crippen molar-refractivity contribution in [2.24, 2.45) is 5.92 Å². The summed E-state index contributed by atoms with van der Waals surface area (Å²) in [5, 5.41) is 12.2. The number of rotatable bonds is 6. The lowest BCUT2D eigenvalue weighted by atomic mass is 10.0. The molecule has 1 aromatic rings. The molecule has 1 aromatic carbocycles. The molecule has 0 aliphatic rings. The Morgan fingerprint density at radius 3 is 2.65 bits per heavy atom. The number of nitrogens with zero attached hydrogens (tertiary/aromatic N) is 1. The SMILES string of the molecule is CC(C)C(C(=O)Nc1ccc(N)cc1Cl)N(C)CCO. The fraction of sp³-hybridized carbons (Fsp3) is 0.500. The summed E-state index contributed by atoms with van der Waals surface area (Å²) < 4.78 is 0. The van der Waals surface area contributed by atoms with E-state index in [1.54, 1.807) is 18.2 Å². The Bertz CT molecular complexity index is 466. The Hall–Kier alpha value is -1.30. The first-order valence-electron chi connectivity index (χ1n) is 6.53. The first-order chi connectivity index (χ1) is 9.36. The van der Waals surface area contributed by atoms with Crippen molar-refractivity contribution in [3.8, 4) is 0 Å². The summed E-state index contributed by atoms with van der Waals surface area (Å²) in [6.07, 6.45) is 0. The zero-order valence-electron chi connectivity index (χ0n) is 12.1. The van der Waals surface area contributed by atoms with Crippen LogP contribution in [0.25, 0.3) is 0 Å². The normalized spacial score (nSPS) is 12.8. The molecule has 0 saturated carbocycles. The summed E-state index contributed by atoms with van der Waals surface area (Å²) in [4.78, 5) is 14.2. The Balaban J connectivity index is 2.85. The van der Waals surface area contributed by atoms with Crippen LogP contribution >= 0.6 is 11.6 Å². The van der Waals surface area contributed by atoms with Crippen LogP contribution in [0.1, 0.15) is 13.8 Å². The average molecular weight is 300 g/mol. The number of aliphatic hydroxyl groups excluding tert-OH is 1. The fourth-order valence-corrected chi connectivity index (χ4v) is 2.38. The van der Waals surface area contributed by atoms with E-state index in [9.17, 15) is 4.79 Å². The first-order valence-corrected chi connectivity index (χ1v) is 6.91. The lowest BCUT2D eigenvalue weighted by molar-refractivity contribution is -0.122. The summed E-state index contributed by atoms with van der Waals surface area (Å²) in [6, 6.07) is 4.62. The van der Waals surface area contributed by atoms with Crippen LogP contribution in [0.4, 0.5) is 11.4 Å². The zero-order valence-corrected chi connectivity index (χ0v) is 12.8. The van der Waals surface area contributed by atoms with Crippen LogP contribution in [-0.4, -0.2) is 42.2 Å². The van der Waals surface area contributed by atoms with Gasteiger partial charge in [-0.2, -0.15) is 0 Å². The molecular formula is C14H22ClN3O2. The summed E-state index contributed by atoms with van der Waals surface area (Å²) in [5.74, 6) is -0.0401. The average Bonchev–Trinajstić information content (AvgIpc) is 2.32. The molecule has 0 spiro atoms. The molecule has 0 heterocycles. The van der Waals surface area contributed by atoms with Gasteiger partial charge in [-0.3, -0.25) is 9.69 Å². The van der Waals surface area contributed by atoms with Gasteiger partial charge in [-0.15, -0.1) is 0 Å². The van der Waals surface area contributed by atoms with Crippen LogP contribution in [0.2, 0.25) is 5.02 Å². The number of carbonyl (C=O) groups excluding carboxylic acids is 1. The Morgan fingerprint density at radius 2 is 2.15 bits per heavy atom. The molecule has 0 aliphatic carbocycles. The van der Waals surface area contributed by atoms with Crippen molar-refractivity contribution in [2.75, 3.05) is 31.2 Å². The molecule has 0 bridgehead atoms. The maximum absolute atomic E-state index is 12.4. The molecule has 1 atom stereocenters. The molecule has 0 fully saturated rings. The van der Waals surface area contributed by atoms with Gasteiger partial charge in [0.2, 0.25) is 5.91 Å². The van der Waals surface area contributed by atoms with Crippen LogP contribution in [0.5, 0.6) is 0 Å². The second kappa shape index (κ2) is 7.47. The maximum Gasteiger partial charge on any atom is 0.242 e. The number of halogens is 1. The van der Waals surface area contributed by atoms with E-state index in [-0.39, 0.29) is 24.5 Å². The van der Waals surface area contributed by atoms with Gasteiger partial charge in [-0.1, -0.05) is 25.4 Å². The van der Waals surface area contributed by atoms with Crippen LogP contribution in [0.15, 0.2) is 18.2 Å². The van der Waals surface area contributed by atoms with Crippen molar-refractivity contribution >= 4 is 28.9 Å².